The maximum Gasteiger partial charge on any atom is 0.295 e. The molecule has 0 saturated carbocycles. The highest BCUT2D eigenvalue weighted by Gasteiger charge is 2.18. The number of hydrogen-bond donors (Lipinski definition) is 1. The smallest absolute Gasteiger partial charge is 0.295 e. The molecule has 1 aromatic heterocycles. The van der Waals surface area contributed by atoms with Gasteiger partial charge in [0.05, 0.1) is 18.9 Å². The van der Waals surface area contributed by atoms with Crippen molar-refractivity contribution < 1.29 is 9.53 Å². The second kappa shape index (κ2) is 9.41. The summed E-state index contributed by atoms with van der Waals surface area (Å²) in [7, 11) is 0. The number of nitrogens with one attached hydrogen (secondary N) is 1. The van der Waals surface area contributed by atoms with Crippen LogP contribution >= 0.6 is 0 Å². The molecule has 1 amide bonds. The number of rotatable bonds is 6. The third-order valence-electron chi connectivity index (χ3n) is 5.45. The molecule has 0 spiro atoms. The lowest BCUT2D eigenvalue weighted by molar-refractivity contribution is 0.0342. The summed E-state index contributed by atoms with van der Waals surface area (Å²) in [6.07, 6.45) is 0. The molecular formula is C24H29N5O2. The molecule has 0 radical (unpaired) electrons. The minimum absolute atomic E-state index is 0.162. The summed E-state index contributed by atoms with van der Waals surface area (Å²) >= 11 is 0. The van der Waals surface area contributed by atoms with Crippen molar-refractivity contribution in [1.29, 1.82) is 0 Å². The van der Waals surface area contributed by atoms with E-state index in [1.807, 2.05) is 43.3 Å². The molecule has 1 N–H and O–H groups in total. The molecule has 7 nitrogen and oxygen atoms in total. The number of amides is 1. The molecule has 1 fully saturated rings. The fraction of sp³-hybridized carbons (Fsp3) is 0.375. The van der Waals surface area contributed by atoms with Gasteiger partial charge in [-0.3, -0.25) is 9.69 Å². The molecule has 1 saturated heterocycles. The number of nitrogens with zero attached hydrogens (tertiary/aromatic N) is 4. The normalized spacial score (nSPS) is 14.7. The van der Waals surface area contributed by atoms with E-state index in [1.54, 1.807) is 4.68 Å². The number of benzene rings is 2. The average Bonchev–Trinajstić information content (AvgIpc) is 3.16. The highest BCUT2D eigenvalue weighted by atomic mass is 16.5. The van der Waals surface area contributed by atoms with Crippen LogP contribution in [0.2, 0.25) is 0 Å². The average molecular weight is 420 g/mol. The van der Waals surface area contributed by atoms with E-state index in [0.717, 1.165) is 49.8 Å². The molecule has 31 heavy (non-hydrogen) atoms. The summed E-state index contributed by atoms with van der Waals surface area (Å²) in [6.45, 7) is 10.4. The Morgan fingerprint density at radius 1 is 1.13 bits per heavy atom. The van der Waals surface area contributed by atoms with Crippen LogP contribution in [0.25, 0.3) is 5.69 Å². The van der Waals surface area contributed by atoms with Crippen LogP contribution in [0, 0.1) is 6.92 Å². The van der Waals surface area contributed by atoms with Crippen molar-refractivity contribution in [3.05, 3.63) is 71.3 Å². The molecule has 162 valence electrons. The Morgan fingerprint density at radius 3 is 2.68 bits per heavy atom. The molecule has 2 aromatic carbocycles. The first-order chi connectivity index (χ1) is 15.0. The topological polar surface area (TPSA) is 72.3 Å². The van der Waals surface area contributed by atoms with Gasteiger partial charge < -0.3 is 10.1 Å². The number of hydrogen-bond acceptors (Lipinski definition) is 5. The molecule has 2 heterocycles. The van der Waals surface area contributed by atoms with E-state index in [2.05, 4.69) is 46.3 Å². The van der Waals surface area contributed by atoms with E-state index >= 15 is 0 Å². The standard InChI is InChI=1S/C24H29N5O2/c1-17(2)21-9-4-5-10-22(21)29-18(3)25-23(27-29)24(30)26-20-8-6-7-19(15-20)16-28-11-13-31-14-12-28/h4-10,15,17H,11-14,16H2,1-3H3,(H,26,30). The van der Waals surface area contributed by atoms with Crippen LogP contribution in [0.4, 0.5) is 5.69 Å². The number of ether oxygens (including phenoxy) is 1. The first kappa shape index (κ1) is 21.2. The lowest BCUT2D eigenvalue weighted by atomic mass is 10.0. The van der Waals surface area contributed by atoms with Crippen molar-refractivity contribution in [2.75, 3.05) is 31.6 Å². The molecular weight excluding hydrogens is 390 g/mol. The summed E-state index contributed by atoms with van der Waals surface area (Å²) in [5, 5.41) is 7.45. The minimum Gasteiger partial charge on any atom is -0.379 e. The van der Waals surface area contributed by atoms with Gasteiger partial charge in [-0.1, -0.05) is 44.2 Å². The minimum atomic E-state index is -0.313. The van der Waals surface area contributed by atoms with Crippen molar-refractivity contribution in [3.8, 4) is 5.69 Å². The lowest BCUT2D eigenvalue weighted by Crippen LogP contribution is -2.35. The Hall–Kier alpha value is -3.03. The lowest BCUT2D eigenvalue weighted by Gasteiger charge is -2.26. The zero-order valence-corrected chi connectivity index (χ0v) is 18.3. The van der Waals surface area contributed by atoms with Gasteiger partial charge in [-0.2, -0.15) is 0 Å². The molecule has 0 atom stereocenters. The Bertz CT molecular complexity index is 1050. The van der Waals surface area contributed by atoms with Crippen LogP contribution in [0.5, 0.6) is 0 Å². The summed E-state index contributed by atoms with van der Waals surface area (Å²) in [5.41, 5.74) is 4.01. The highest BCUT2D eigenvalue weighted by Crippen LogP contribution is 2.23. The zero-order chi connectivity index (χ0) is 21.8. The SMILES string of the molecule is Cc1nc(C(=O)Nc2cccc(CN3CCOCC3)c2)nn1-c1ccccc1C(C)C. The first-order valence-electron chi connectivity index (χ1n) is 10.7. The quantitative estimate of drug-likeness (QED) is 0.658. The van der Waals surface area contributed by atoms with Gasteiger partial charge in [0.1, 0.15) is 5.82 Å². The molecule has 0 bridgehead atoms. The van der Waals surface area contributed by atoms with E-state index in [9.17, 15) is 4.79 Å². The Labute approximate surface area is 183 Å². The number of carbonyl (C=O) groups is 1. The van der Waals surface area contributed by atoms with Crippen molar-refractivity contribution in [3.63, 3.8) is 0 Å². The van der Waals surface area contributed by atoms with E-state index in [-0.39, 0.29) is 11.7 Å². The van der Waals surface area contributed by atoms with Gasteiger partial charge in [0.25, 0.3) is 5.91 Å². The van der Waals surface area contributed by atoms with E-state index in [0.29, 0.717) is 11.7 Å². The third kappa shape index (κ3) is 5.00. The van der Waals surface area contributed by atoms with Crippen LogP contribution in [0.1, 0.15) is 47.3 Å². The van der Waals surface area contributed by atoms with Crippen molar-refractivity contribution in [2.24, 2.45) is 0 Å². The van der Waals surface area contributed by atoms with Crippen LogP contribution in [-0.4, -0.2) is 51.9 Å². The third-order valence-corrected chi connectivity index (χ3v) is 5.45. The van der Waals surface area contributed by atoms with Gasteiger partial charge in [-0.15, -0.1) is 5.10 Å². The number of para-hydroxylation sites is 1. The molecule has 0 aliphatic carbocycles. The predicted octanol–water partition coefficient (Wildman–Crippen LogP) is 3.78. The molecule has 4 rings (SSSR count). The predicted molar refractivity (Wildman–Crippen MR) is 121 cm³/mol. The highest BCUT2D eigenvalue weighted by molar-refractivity contribution is 6.01. The molecule has 1 aliphatic rings. The van der Waals surface area contributed by atoms with E-state index in [1.165, 1.54) is 5.56 Å². The van der Waals surface area contributed by atoms with Gasteiger partial charge in [-0.25, -0.2) is 9.67 Å². The van der Waals surface area contributed by atoms with Gasteiger partial charge >= 0.3 is 0 Å². The number of anilines is 1. The Morgan fingerprint density at radius 2 is 1.90 bits per heavy atom. The molecule has 3 aromatic rings. The second-order valence-electron chi connectivity index (χ2n) is 8.15. The monoisotopic (exact) mass is 419 g/mol. The van der Waals surface area contributed by atoms with Crippen molar-refractivity contribution in [1.82, 2.24) is 19.7 Å². The van der Waals surface area contributed by atoms with Crippen molar-refractivity contribution >= 4 is 11.6 Å². The fourth-order valence-electron chi connectivity index (χ4n) is 3.83. The van der Waals surface area contributed by atoms with Crippen LogP contribution in [0.15, 0.2) is 48.5 Å². The molecule has 0 unspecified atom stereocenters. The van der Waals surface area contributed by atoms with Crippen LogP contribution in [-0.2, 0) is 11.3 Å². The number of aromatic nitrogens is 3. The Kier molecular flexibility index (Phi) is 6.44. The van der Waals surface area contributed by atoms with Crippen LogP contribution in [0.3, 0.4) is 0 Å². The van der Waals surface area contributed by atoms with Gasteiger partial charge in [-0.05, 0) is 42.2 Å². The molecule has 1 aliphatic heterocycles. The zero-order valence-electron chi connectivity index (χ0n) is 18.3. The van der Waals surface area contributed by atoms with E-state index < -0.39 is 0 Å². The van der Waals surface area contributed by atoms with Gasteiger partial charge in [0.15, 0.2) is 0 Å². The first-order valence-corrected chi connectivity index (χ1v) is 10.7. The van der Waals surface area contributed by atoms with Gasteiger partial charge in [0.2, 0.25) is 5.82 Å². The fourth-order valence-corrected chi connectivity index (χ4v) is 3.83. The van der Waals surface area contributed by atoms with Gasteiger partial charge in [0, 0.05) is 25.3 Å². The Balaban J connectivity index is 1.50. The van der Waals surface area contributed by atoms with Crippen molar-refractivity contribution in [2.45, 2.75) is 33.2 Å². The number of aryl methyl sites for hydroxylation is 1. The summed E-state index contributed by atoms with van der Waals surface area (Å²) in [6, 6.07) is 16.0. The maximum absolute atomic E-state index is 12.9. The second-order valence-corrected chi connectivity index (χ2v) is 8.15. The number of carbonyl (C=O) groups excluding carboxylic acids is 1. The number of morpholine rings is 1. The largest absolute Gasteiger partial charge is 0.379 e. The summed E-state index contributed by atoms with van der Waals surface area (Å²) in [5.74, 6) is 0.868. The maximum atomic E-state index is 12.9. The van der Waals surface area contributed by atoms with Crippen LogP contribution < -0.4 is 5.32 Å². The van der Waals surface area contributed by atoms with E-state index in [4.69, 9.17) is 4.74 Å². The summed E-state index contributed by atoms with van der Waals surface area (Å²) in [4.78, 5) is 19.6. The summed E-state index contributed by atoms with van der Waals surface area (Å²) < 4.78 is 7.16. The molecule has 7 heteroatoms.